The summed E-state index contributed by atoms with van der Waals surface area (Å²) in [5.74, 6) is 0.443. The standard InChI is InChI=1S/C54H66BrN9O5S/c1-34-11-12-42(49-36(3)60-69-38(49)5)28-47(34)64(43-17-18-45(44(55)29-43)62-25-21-56-32-62)30-39-19-23-61(24-20-39)26-27-68-31-48(65)59-51(54(6,7)8)53(67)63-22-9-10-46(63)52(66)58-35(2)40-13-15-41(16-14-40)50-37(4)57-33-70-50/h11-18,21,25,28-29,32-33,35,39,46,51H,9-10,19-20,22-24,26-27,30-31H2,1-8H3,(H,58,66)(H,59,65)/t35-,46-,51+/m0/s1. The van der Waals surface area contributed by atoms with Crippen LogP contribution in [0.15, 0.2) is 93.9 Å². The number of benzene rings is 3. The number of hydrogen-bond acceptors (Lipinski definition) is 11. The molecule has 16 heteroatoms. The van der Waals surface area contributed by atoms with E-state index in [1.165, 1.54) is 5.56 Å². The van der Waals surface area contributed by atoms with Crippen LogP contribution in [-0.2, 0) is 19.1 Å². The van der Waals surface area contributed by atoms with Gasteiger partial charge in [0, 0.05) is 53.4 Å². The van der Waals surface area contributed by atoms with E-state index >= 15 is 0 Å². The summed E-state index contributed by atoms with van der Waals surface area (Å²) >= 11 is 5.47. The lowest BCUT2D eigenvalue weighted by molar-refractivity contribution is -0.144. The van der Waals surface area contributed by atoms with Gasteiger partial charge >= 0.3 is 0 Å². The van der Waals surface area contributed by atoms with E-state index < -0.39 is 17.5 Å². The molecule has 6 aromatic rings. The molecule has 3 aromatic heterocycles. The molecular weight excluding hydrogens is 967 g/mol. The molecule has 370 valence electrons. The van der Waals surface area contributed by atoms with Crippen LogP contribution in [0.5, 0.6) is 0 Å². The van der Waals surface area contributed by atoms with Crippen LogP contribution in [0.4, 0.5) is 11.4 Å². The average Bonchev–Trinajstić information content (AvgIpc) is 4.19. The molecule has 0 radical (unpaired) electrons. The van der Waals surface area contributed by atoms with Gasteiger partial charge in [0.1, 0.15) is 24.5 Å². The minimum absolute atomic E-state index is 0.157. The zero-order valence-electron chi connectivity index (χ0n) is 41.6. The average molecular weight is 1030 g/mol. The first-order valence-electron chi connectivity index (χ1n) is 24.4. The van der Waals surface area contributed by atoms with Gasteiger partial charge in [-0.2, -0.15) is 0 Å². The number of halogens is 1. The monoisotopic (exact) mass is 1030 g/mol. The first-order valence-corrected chi connectivity index (χ1v) is 26.0. The van der Waals surface area contributed by atoms with Crippen molar-refractivity contribution < 1.29 is 23.6 Å². The summed E-state index contributed by atoms with van der Waals surface area (Å²) in [6, 6.07) is 19.6. The van der Waals surface area contributed by atoms with Gasteiger partial charge in [-0.15, -0.1) is 11.3 Å². The lowest BCUT2D eigenvalue weighted by Gasteiger charge is -2.36. The largest absolute Gasteiger partial charge is 0.370 e. The summed E-state index contributed by atoms with van der Waals surface area (Å²) < 4.78 is 14.5. The van der Waals surface area contributed by atoms with Crippen molar-refractivity contribution in [3.05, 3.63) is 118 Å². The van der Waals surface area contributed by atoms with Crippen LogP contribution in [0.1, 0.15) is 87.7 Å². The Bertz CT molecular complexity index is 2740. The van der Waals surface area contributed by atoms with Gasteiger partial charge in [-0.1, -0.05) is 62.3 Å². The molecule has 0 bridgehead atoms. The minimum atomic E-state index is -0.825. The number of carbonyl (C=O) groups excluding carboxylic acids is 3. The molecule has 5 heterocycles. The van der Waals surface area contributed by atoms with Gasteiger partial charge in [-0.05, 0) is 147 Å². The fourth-order valence-corrected chi connectivity index (χ4v) is 11.2. The predicted octanol–water partition coefficient (Wildman–Crippen LogP) is 9.91. The van der Waals surface area contributed by atoms with Crippen LogP contribution in [0.2, 0.25) is 0 Å². The molecule has 0 unspecified atom stereocenters. The maximum absolute atomic E-state index is 14.2. The van der Waals surface area contributed by atoms with Crippen molar-refractivity contribution in [1.29, 1.82) is 0 Å². The zero-order chi connectivity index (χ0) is 49.7. The van der Waals surface area contributed by atoms with Crippen molar-refractivity contribution in [2.45, 2.75) is 99.2 Å². The Morgan fingerprint density at radius 3 is 2.36 bits per heavy atom. The lowest BCUT2D eigenvalue weighted by Crippen LogP contribution is -2.58. The number of aromatic nitrogens is 4. The van der Waals surface area contributed by atoms with E-state index in [0.29, 0.717) is 38.5 Å². The summed E-state index contributed by atoms with van der Waals surface area (Å²) in [7, 11) is 0. The van der Waals surface area contributed by atoms with Crippen molar-refractivity contribution in [1.82, 2.24) is 40.1 Å². The number of carbonyl (C=O) groups is 3. The topological polar surface area (TPSA) is 151 Å². The fraction of sp³-hybridized carbons (Fsp3) is 0.444. The molecule has 14 nitrogen and oxygen atoms in total. The molecule has 3 aromatic carbocycles. The number of nitrogens with zero attached hydrogens (tertiary/aromatic N) is 7. The van der Waals surface area contributed by atoms with Crippen molar-refractivity contribution in [3.8, 4) is 27.3 Å². The Morgan fingerprint density at radius 2 is 1.70 bits per heavy atom. The van der Waals surface area contributed by atoms with E-state index in [4.69, 9.17) is 9.26 Å². The number of piperidine rings is 1. The number of rotatable bonds is 17. The van der Waals surface area contributed by atoms with Gasteiger partial charge in [0.15, 0.2) is 0 Å². The Morgan fingerprint density at radius 1 is 0.943 bits per heavy atom. The van der Waals surface area contributed by atoms with E-state index in [2.05, 4.69) is 107 Å². The Balaban J connectivity index is 0.833. The molecule has 0 aliphatic carbocycles. The van der Waals surface area contributed by atoms with Gasteiger partial charge in [-0.25, -0.2) is 9.97 Å². The molecule has 2 saturated heterocycles. The SMILES string of the molecule is Cc1ccc(-c2c(C)noc2C)cc1N(CC1CCN(CCOCC(=O)N[C@H](C(=O)N2CCC[C@H]2C(=O)N[C@@H](C)c2ccc(-c3scnc3C)cc2)C(C)(C)C)CC1)c1ccc(-n2ccnc2)c(Br)c1. The van der Waals surface area contributed by atoms with Crippen LogP contribution >= 0.6 is 27.3 Å². The van der Waals surface area contributed by atoms with Crippen LogP contribution in [0.3, 0.4) is 0 Å². The number of amides is 3. The third-order valence-electron chi connectivity index (χ3n) is 13.8. The third kappa shape index (κ3) is 11.7. The van der Waals surface area contributed by atoms with Gasteiger partial charge in [-0.3, -0.25) is 14.4 Å². The Kier molecular flexibility index (Phi) is 16.1. The molecule has 0 saturated carbocycles. The second-order valence-corrected chi connectivity index (χ2v) is 21.6. The van der Waals surface area contributed by atoms with E-state index in [1.54, 1.807) is 28.8 Å². The summed E-state index contributed by atoms with van der Waals surface area (Å²) in [6.45, 7) is 19.9. The molecule has 3 amide bonds. The van der Waals surface area contributed by atoms with E-state index in [9.17, 15) is 14.4 Å². The molecule has 2 aliphatic rings. The number of thiazole rings is 1. The predicted molar refractivity (Wildman–Crippen MR) is 279 cm³/mol. The maximum Gasteiger partial charge on any atom is 0.246 e. The summed E-state index contributed by atoms with van der Waals surface area (Å²) in [4.78, 5) is 57.6. The normalized spacial score (nSPS) is 16.6. The van der Waals surface area contributed by atoms with Gasteiger partial charge in [0.05, 0.1) is 46.4 Å². The molecule has 0 spiro atoms. The molecular formula is C54H66BrN9O5S. The van der Waals surface area contributed by atoms with E-state index in [0.717, 1.165) is 98.3 Å². The molecule has 70 heavy (non-hydrogen) atoms. The van der Waals surface area contributed by atoms with Crippen molar-refractivity contribution in [3.63, 3.8) is 0 Å². The second-order valence-electron chi connectivity index (χ2n) is 19.9. The van der Waals surface area contributed by atoms with Crippen LogP contribution in [0.25, 0.3) is 27.3 Å². The highest BCUT2D eigenvalue weighted by Gasteiger charge is 2.42. The molecule has 2 fully saturated rings. The van der Waals surface area contributed by atoms with Crippen molar-refractivity contribution in [2.75, 3.05) is 50.8 Å². The first kappa shape index (κ1) is 50.7. The Hall–Kier alpha value is -5.68. The zero-order valence-corrected chi connectivity index (χ0v) is 44.0. The quantitative estimate of drug-likeness (QED) is 0.0846. The number of hydrogen-bond donors (Lipinski definition) is 2. The van der Waals surface area contributed by atoms with Crippen LogP contribution in [0, 0.1) is 39.0 Å². The number of ether oxygens (including phenoxy) is 1. The van der Waals surface area contributed by atoms with Crippen molar-refractivity contribution in [2.24, 2.45) is 11.3 Å². The summed E-state index contributed by atoms with van der Waals surface area (Å²) in [5.41, 5.74) is 11.7. The summed E-state index contributed by atoms with van der Waals surface area (Å²) in [5, 5.41) is 10.4. The number of nitrogens with one attached hydrogen (secondary N) is 2. The number of aryl methyl sites for hydroxylation is 4. The van der Waals surface area contributed by atoms with E-state index in [1.807, 2.05) is 76.9 Å². The second kappa shape index (κ2) is 22.2. The fourth-order valence-electron chi connectivity index (χ4n) is 9.79. The van der Waals surface area contributed by atoms with Gasteiger partial charge in [0.2, 0.25) is 17.7 Å². The molecule has 3 atom stereocenters. The smallest absolute Gasteiger partial charge is 0.246 e. The molecule has 2 aliphatic heterocycles. The van der Waals surface area contributed by atoms with E-state index in [-0.39, 0.29) is 30.4 Å². The number of imidazole rings is 1. The molecule has 8 rings (SSSR count). The first-order chi connectivity index (χ1) is 33.5. The van der Waals surface area contributed by atoms with Crippen LogP contribution < -0.4 is 15.5 Å². The number of anilines is 2. The lowest BCUT2D eigenvalue weighted by atomic mass is 9.85. The van der Waals surface area contributed by atoms with Gasteiger partial charge in [0.25, 0.3) is 0 Å². The highest BCUT2D eigenvalue weighted by Crippen LogP contribution is 2.39. The third-order valence-corrected chi connectivity index (χ3v) is 15.4. The summed E-state index contributed by atoms with van der Waals surface area (Å²) in [6.07, 6.45) is 8.82. The maximum atomic E-state index is 14.2. The van der Waals surface area contributed by atoms with Gasteiger partial charge < -0.3 is 39.2 Å². The Labute approximate surface area is 424 Å². The number of likely N-dealkylation sites (tertiary alicyclic amines) is 2. The van der Waals surface area contributed by atoms with Crippen LogP contribution in [-0.4, -0.2) is 105 Å². The minimum Gasteiger partial charge on any atom is -0.370 e. The molecule has 2 N–H and O–H groups in total. The van der Waals surface area contributed by atoms with Crippen molar-refractivity contribution >= 4 is 56.4 Å². The highest BCUT2D eigenvalue weighted by molar-refractivity contribution is 9.10. The highest BCUT2D eigenvalue weighted by atomic mass is 79.9.